The zero-order valence-electron chi connectivity index (χ0n) is 13.6. The Morgan fingerprint density at radius 2 is 1.58 bits per heavy atom. The van der Waals surface area contributed by atoms with E-state index in [9.17, 15) is 14.7 Å². The number of ether oxygens (including phenoxy) is 1. The molecule has 3 rings (SSSR count). The first-order valence-electron chi connectivity index (χ1n) is 7.72. The van der Waals surface area contributed by atoms with Gasteiger partial charge in [0.2, 0.25) is 0 Å². The van der Waals surface area contributed by atoms with Gasteiger partial charge in [-0.25, -0.2) is 4.79 Å². The Bertz CT molecular complexity index is 761. The van der Waals surface area contributed by atoms with E-state index in [-0.39, 0.29) is 12.5 Å². The highest BCUT2D eigenvalue weighted by Gasteiger charge is 2.61. The normalized spacial score (nSPS) is 27.1. The first-order chi connectivity index (χ1) is 11.4. The van der Waals surface area contributed by atoms with Crippen LogP contribution in [0.1, 0.15) is 19.4 Å². The van der Waals surface area contributed by atoms with Gasteiger partial charge in [0.15, 0.2) is 5.60 Å². The molecule has 1 amide bonds. The summed E-state index contributed by atoms with van der Waals surface area (Å²) in [6, 6.07) is 18.2. The molecule has 1 heterocycles. The lowest BCUT2D eigenvalue weighted by Crippen LogP contribution is -2.70. The summed E-state index contributed by atoms with van der Waals surface area (Å²) in [5.41, 5.74) is -1.44. The van der Waals surface area contributed by atoms with Crippen LogP contribution >= 0.6 is 0 Å². The van der Waals surface area contributed by atoms with Gasteiger partial charge in [-0.2, -0.15) is 0 Å². The average Bonchev–Trinajstić information content (AvgIpc) is 2.60. The second kappa shape index (κ2) is 5.76. The van der Waals surface area contributed by atoms with Crippen LogP contribution in [0.4, 0.5) is 5.69 Å². The van der Waals surface area contributed by atoms with Crippen molar-refractivity contribution in [1.82, 2.24) is 0 Å². The Balaban J connectivity index is 2.28. The number of carbonyl (C=O) groups is 2. The standard InChI is InChI=1S/C19H19NO4/c1-18(14-9-5-3-6-10-14)19(2,17(22)23)24-13-16(21)20(18)15-11-7-4-8-12-15/h3-12H,13H2,1-2H3,(H,22,23). The molecule has 124 valence electrons. The van der Waals surface area contributed by atoms with Crippen molar-refractivity contribution in [2.75, 3.05) is 11.5 Å². The number of carboxylic acid groups (broad SMARTS) is 1. The molecule has 2 unspecified atom stereocenters. The van der Waals surface area contributed by atoms with Gasteiger partial charge >= 0.3 is 5.97 Å². The number of hydrogen-bond donors (Lipinski definition) is 1. The van der Waals surface area contributed by atoms with Crippen LogP contribution in [0.15, 0.2) is 60.7 Å². The van der Waals surface area contributed by atoms with Crippen LogP contribution in [0.2, 0.25) is 0 Å². The number of morpholine rings is 1. The van der Waals surface area contributed by atoms with Crippen molar-refractivity contribution >= 4 is 17.6 Å². The molecule has 1 aliphatic heterocycles. The lowest BCUT2D eigenvalue weighted by molar-refractivity contribution is -0.183. The van der Waals surface area contributed by atoms with Crippen LogP contribution in [0.5, 0.6) is 0 Å². The van der Waals surface area contributed by atoms with E-state index in [1.165, 1.54) is 6.92 Å². The number of para-hydroxylation sites is 1. The molecule has 0 saturated carbocycles. The highest BCUT2D eigenvalue weighted by atomic mass is 16.5. The van der Waals surface area contributed by atoms with E-state index in [4.69, 9.17) is 4.74 Å². The van der Waals surface area contributed by atoms with E-state index in [1.54, 1.807) is 24.0 Å². The van der Waals surface area contributed by atoms with Crippen LogP contribution in [-0.4, -0.2) is 29.2 Å². The number of hydrogen-bond acceptors (Lipinski definition) is 3. The van der Waals surface area contributed by atoms with Crippen LogP contribution in [0, 0.1) is 0 Å². The maximum atomic E-state index is 12.7. The quantitative estimate of drug-likeness (QED) is 0.942. The maximum absolute atomic E-state index is 12.7. The molecule has 24 heavy (non-hydrogen) atoms. The van der Waals surface area contributed by atoms with E-state index < -0.39 is 17.1 Å². The molecule has 2 atom stereocenters. The van der Waals surface area contributed by atoms with Crippen molar-refractivity contribution in [3.8, 4) is 0 Å². The van der Waals surface area contributed by atoms with Crippen molar-refractivity contribution in [3.05, 3.63) is 66.2 Å². The number of carboxylic acids is 1. The van der Waals surface area contributed by atoms with E-state index in [2.05, 4.69) is 0 Å². The van der Waals surface area contributed by atoms with Crippen molar-refractivity contribution in [3.63, 3.8) is 0 Å². The Hall–Kier alpha value is -2.66. The number of rotatable bonds is 3. The van der Waals surface area contributed by atoms with Gasteiger partial charge in [0.25, 0.3) is 5.91 Å². The summed E-state index contributed by atoms with van der Waals surface area (Å²) in [6.45, 7) is 2.98. The molecule has 0 aliphatic carbocycles. The second-order valence-electron chi connectivity index (χ2n) is 6.13. The van der Waals surface area contributed by atoms with Crippen molar-refractivity contribution < 1.29 is 19.4 Å². The van der Waals surface area contributed by atoms with E-state index >= 15 is 0 Å². The number of benzene rings is 2. The minimum Gasteiger partial charge on any atom is -0.479 e. The smallest absolute Gasteiger partial charge is 0.338 e. The predicted octanol–water partition coefficient (Wildman–Crippen LogP) is 2.81. The largest absolute Gasteiger partial charge is 0.479 e. The summed E-state index contributed by atoms with van der Waals surface area (Å²) in [7, 11) is 0. The molecule has 5 nitrogen and oxygen atoms in total. The highest BCUT2D eigenvalue weighted by molar-refractivity contribution is 5.99. The minimum atomic E-state index is -1.59. The van der Waals surface area contributed by atoms with Gasteiger partial charge in [0, 0.05) is 5.69 Å². The Morgan fingerprint density at radius 3 is 2.12 bits per heavy atom. The van der Waals surface area contributed by atoms with E-state index in [0.717, 1.165) is 0 Å². The summed E-state index contributed by atoms with van der Waals surface area (Å²) >= 11 is 0. The van der Waals surface area contributed by atoms with E-state index in [1.807, 2.05) is 48.5 Å². The minimum absolute atomic E-state index is 0.272. The average molecular weight is 325 g/mol. The van der Waals surface area contributed by atoms with Gasteiger partial charge in [-0.05, 0) is 31.5 Å². The fourth-order valence-electron chi connectivity index (χ4n) is 3.29. The van der Waals surface area contributed by atoms with Crippen LogP contribution < -0.4 is 4.90 Å². The first kappa shape index (κ1) is 16.2. The third-order valence-electron chi connectivity index (χ3n) is 4.87. The molecule has 1 fully saturated rings. The number of aliphatic carboxylic acids is 1. The lowest BCUT2D eigenvalue weighted by atomic mass is 9.73. The molecule has 0 bridgehead atoms. The molecule has 2 aromatic carbocycles. The lowest BCUT2D eigenvalue weighted by Gasteiger charge is -2.53. The monoisotopic (exact) mass is 325 g/mol. The fourth-order valence-corrected chi connectivity index (χ4v) is 3.29. The highest BCUT2D eigenvalue weighted by Crippen LogP contribution is 2.46. The predicted molar refractivity (Wildman–Crippen MR) is 89.7 cm³/mol. The second-order valence-corrected chi connectivity index (χ2v) is 6.13. The third-order valence-corrected chi connectivity index (χ3v) is 4.87. The Labute approximate surface area is 140 Å². The number of anilines is 1. The Morgan fingerprint density at radius 1 is 1.04 bits per heavy atom. The van der Waals surface area contributed by atoms with Gasteiger partial charge in [0.1, 0.15) is 12.1 Å². The summed E-state index contributed by atoms with van der Waals surface area (Å²) < 4.78 is 5.57. The zero-order valence-corrected chi connectivity index (χ0v) is 13.6. The SMILES string of the molecule is CC1(C(=O)O)OCC(=O)N(c2ccccc2)C1(C)c1ccccc1. The van der Waals surface area contributed by atoms with Crippen molar-refractivity contribution in [1.29, 1.82) is 0 Å². The van der Waals surface area contributed by atoms with Gasteiger partial charge in [-0.3, -0.25) is 9.69 Å². The molecule has 0 spiro atoms. The Kier molecular flexibility index (Phi) is 3.89. The van der Waals surface area contributed by atoms with Crippen molar-refractivity contribution in [2.24, 2.45) is 0 Å². The molecule has 1 saturated heterocycles. The number of nitrogens with zero attached hydrogens (tertiary/aromatic N) is 1. The van der Waals surface area contributed by atoms with Crippen molar-refractivity contribution in [2.45, 2.75) is 25.0 Å². The van der Waals surface area contributed by atoms with Gasteiger partial charge < -0.3 is 9.84 Å². The first-order valence-corrected chi connectivity index (χ1v) is 7.72. The summed E-state index contributed by atoms with van der Waals surface area (Å²) in [6.07, 6.45) is 0. The molecular formula is C19H19NO4. The van der Waals surface area contributed by atoms with E-state index in [0.29, 0.717) is 11.3 Å². The molecule has 1 N–H and O–H groups in total. The molecule has 1 aliphatic rings. The summed E-state index contributed by atoms with van der Waals surface area (Å²) in [5.74, 6) is -1.38. The molecule has 2 aromatic rings. The maximum Gasteiger partial charge on any atom is 0.338 e. The number of amides is 1. The van der Waals surface area contributed by atoms with Crippen LogP contribution in [0.3, 0.4) is 0 Å². The van der Waals surface area contributed by atoms with Gasteiger partial charge in [0.05, 0.1) is 0 Å². The van der Waals surface area contributed by atoms with Crippen LogP contribution in [-0.2, 0) is 19.9 Å². The zero-order chi connectivity index (χ0) is 17.4. The topological polar surface area (TPSA) is 66.8 Å². The summed E-state index contributed by atoms with van der Waals surface area (Å²) in [4.78, 5) is 26.3. The molecular weight excluding hydrogens is 306 g/mol. The summed E-state index contributed by atoms with van der Waals surface area (Å²) in [5, 5.41) is 9.88. The van der Waals surface area contributed by atoms with Gasteiger partial charge in [-0.1, -0.05) is 48.5 Å². The van der Waals surface area contributed by atoms with Crippen LogP contribution in [0.25, 0.3) is 0 Å². The molecule has 5 heteroatoms. The third kappa shape index (κ3) is 2.20. The molecule has 0 aromatic heterocycles. The molecule has 0 radical (unpaired) electrons. The van der Waals surface area contributed by atoms with Gasteiger partial charge in [-0.15, -0.1) is 0 Å². The number of carbonyl (C=O) groups excluding carboxylic acids is 1. The fraction of sp³-hybridized carbons (Fsp3) is 0.263.